The van der Waals surface area contributed by atoms with Crippen LogP contribution in [0.2, 0.25) is 0 Å². The van der Waals surface area contributed by atoms with E-state index in [1.165, 1.54) is 0 Å². The fourth-order valence-corrected chi connectivity index (χ4v) is 10.9. The smallest absolute Gasteiger partial charge is 0.187 e. The predicted octanol–water partition coefficient (Wildman–Crippen LogP) is 9.30. The molecule has 5 heterocycles. The Morgan fingerprint density at radius 2 is 1.09 bits per heavy atom. The summed E-state index contributed by atoms with van der Waals surface area (Å²) in [4.78, 5) is 0. The van der Waals surface area contributed by atoms with E-state index < -0.39 is 66.5 Å². The van der Waals surface area contributed by atoms with Crippen LogP contribution in [0.1, 0.15) is 144 Å². The molecule has 0 spiro atoms. The zero-order valence-electron chi connectivity index (χ0n) is 46.6. The summed E-state index contributed by atoms with van der Waals surface area (Å²) in [7, 11) is 0. The minimum absolute atomic E-state index is 0.0527. The highest BCUT2D eigenvalue weighted by Crippen LogP contribution is 2.47. The minimum atomic E-state index is -0.931. The van der Waals surface area contributed by atoms with E-state index in [4.69, 9.17) is 66.3 Å². The van der Waals surface area contributed by atoms with Crippen molar-refractivity contribution in [1.29, 1.82) is 0 Å². The van der Waals surface area contributed by atoms with Gasteiger partial charge in [0.25, 0.3) is 0 Å². The summed E-state index contributed by atoms with van der Waals surface area (Å²) >= 11 is 0. The van der Waals surface area contributed by atoms with Gasteiger partial charge in [0, 0.05) is 52.7 Å². The third-order valence-corrected chi connectivity index (χ3v) is 15.0. The van der Waals surface area contributed by atoms with Gasteiger partial charge in [-0.3, -0.25) is 0 Å². The van der Waals surface area contributed by atoms with Crippen LogP contribution in [-0.4, -0.2) is 163 Å². The maximum atomic E-state index is 7.63. The Morgan fingerprint density at radius 1 is 0.522 bits per heavy atom. The molecule has 0 aromatic heterocycles. The van der Waals surface area contributed by atoms with E-state index in [2.05, 4.69) is 111 Å². The summed E-state index contributed by atoms with van der Waals surface area (Å²) < 4.78 is 97.3. The Morgan fingerprint density at radius 3 is 1.68 bits per heavy atom. The first kappa shape index (κ1) is 59.3. The van der Waals surface area contributed by atoms with E-state index in [1.54, 1.807) is 0 Å². The zero-order chi connectivity index (χ0) is 50.8. The Labute approximate surface area is 419 Å². The first-order chi connectivity index (χ1) is 32.7. The van der Waals surface area contributed by atoms with Gasteiger partial charge in [0.2, 0.25) is 0 Å². The van der Waals surface area contributed by atoms with Crippen LogP contribution in [0, 0.1) is 47.3 Å². The fourth-order valence-electron chi connectivity index (χ4n) is 10.9. The molecule has 0 aromatic rings. The largest absolute Gasteiger partial charge is 0.373 e. The van der Waals surface area contributed by atoms with Crippen molar-refractivity contribution in [3.8, 4) is 0 Å². The van der Waals surface area contributed by atoms with Crippen LogP contribution in [-0.2, 0) is 66.3 Å². The molecule has 0 N–H and O–H groups in total. The van der Waals surface area contributed by atoms with E-state index in [1.807, 2.05) is 13.8 Å². The number of hydrogen-bond donors (Lipinski definition) is 0. The average molecular weight is 987 g/mol. The van der Waals surface area contributed by atoms with E-state index in [0.717, 1.165) is 12.8 Å². The van der Waals surface area contributed by atoms with Crippen LogP contribution in [0.5, 0.6) is 0 Å². The van der Waals surface area contributed by atoms with Gasteiger partial charge in [-0.25, -0.2) is 0 Å². The minimum Gasteiger partial charge on any atom is -0.373 e. The molecule has 20 atom stereocenters. The van der Waals surface area contributed by atoms with Crippen molar-refractivity contribution in [2.75, 3.05) is 66.1 Å². The highest BCUT2D eigenvalue weighted by Gasteiger charge is 2.60. The lowest BCUT2D eigenvalue weighted by molar-refractivity contribution is -0.383. The summed E-state index contributed by atoms with van der Waals surface area (Å²) in [5, 5.41) is 0. The summed E-state index contributed by atoms with van der Waals surface area (Å²) in [6.45, 7) is 44.0. The summed E-state index contributed by atoms with van der Waals surface area (Å²) in [6.07, 6.45) is -4.86. The van der Waals surface area contributed by atoms with Gasteiger partial charge in [0.15, 0.2) is 12.6 Å². The molecule has 406 valence electrons. The Hall–Kier alpha value is -0.560. The molecule has 14 nitrogen and oxygen atoms in total. The monoisotopic (exact) mass is 987 g/mol. The molecule has 5 rings (SSSR count). The number of hydrogen-bond acceptors (Lipinski definition) is 14. The molecule has 14 heteroatoms. The van der Waals surface area contributed by atoms with Gasteiger partial charge in [-0.15, -0.1) is 0 Å². The van der Waals surface area contributed by atoms with Crippen molar-refractivity contribution in [1.82, 2.24) is 0 Å². The molecule has 5 aliphatic rings. The fraction of sp³-hybridized carbons (Fsp3) is 1.00. The molecule has 5 aliphatic heterocycles. The molecule has 0 radical (unpaired) electrons. The van der Waals surface area contributed by atoms with Crippen LogP contribution in [0.4, 0.5) is 0 Å². The zero-order valence-corrected chi connectivity index (χ0v) is 46.6. The maximum Gasteiger partial charge on any atom is 0.187 e. The summed E-state index contributed by atoms with van der Waals surface area (Å²) in [6, 6.07) is 0. The molecule has 5 fully saturated rings. The van der Waals surface area contributed by atoms with E-state index >= 15 is 0 Å². The van der Waals surface area contributed by atoms with E-state index in [0.29, 0.717) is 78.4 Å². The highest BCUT2D eigenvalue weighted by molar-refractivity contribution is 5.06. The second-order valence-electron chi connectivity index (χ2n) is 23.6. The Kier molecular flexibility index (Phi) is 23.5. The molecule has 2 unspecified atom stereocenters. The lowest BCUT2D eigenvalue weighted by atomic mass is 9.73. The van der Waals surface area contributed by atoms with Crippen molar-refractivity contribution < 1.29 is 66.3 Å². The number of ether oxygens (including phenoxy) is 14. The van der Waals surface area contributed by atoms with E-state index in [-0.39, 0.29) is 71.9 Å². The van der Waals surface area contributed by atoms with Gasteiger partial charge in [-0.1, -0.05) is 90.0 Å². The molecular formula is C55H102O14. The molecule has 0 aromatic carbocycles. The Balaban J connectivity index is 1.58. The molecule has 0 bridgehead atoms. The molecule has 0 saturated carbocycles. The van der Waals surface area contributed by atoms with Crippen LogP contribution < -0.4 is 0 Å². The predicted molar refractivity (Wildman–Crippen MR) is 266 cm³/mol. The second-order valence-corrected chi connectivity index (χ2v) is 23.6. The summed E-state index contributed by atoms with van der Waals surface area (Å²) in [5.74, 6) is 1.61. The summed E-state index contributed by atoms with van der Waals surface area (Å²) in [5.41, 5.74) is -1.71. The lowest BCUT2D eigenvalue weighted by Crippen LogP contribution is -2.70. The average Bonchev–Trinajstić information content (AvgIpc) is 3.31. The molecule has 0 amide bonds. The SMILES string of the molecule is CCCO[C@H]1[C@H](OCC)[C@@H](OCC(C)C)[C@@H](OC2(C)C[C@H](C)[C@@H](C)CO[C@H]3[C@H](OCC(C)C)[C@H]4OC[C@@H](C)[C@H](C)C(C)([C@H]5OC[C@H](OCC)[C@@H](OCC(C)C)[C@@H]5OCC(C)C)O[C@H]4O[C@@H]3C2)O[C@@H]1C. The van der Waals surface area contributed by atoms with Crippen LogP contribution >= 0.6 is 0 Å². The first-order valence-corrected chi connectivity index (χ1v) is 27.5. The van der Waals surface area contributed by atoms with Gasteiger partial charge in [-0.05, 0) is 94.8 Å². The Bertz CT molecular complexity index is 1450. The van der Waals surface area contributed by atoms with Crippen molar-refractivity contribution >= 4 is 0 Å². The van der Waals surface area contributed by atoms with Gasteiger partial charge in [-0.2, -0.15) is 0 Å². The van der Waals surface area contributed by atoms with Crippen LogP contribution in [0.25, 0.3) is 0 Å². The third-order valence-electron chi connectivity index (χ3n) is 15.0. The van der Waals surface area contributed by atoms with Gasteiger partial charge in [0.05, 0.1) is 37.6 Å². The number of fused-ring (bicyclic) bond motifs is 2. The van der Waals surface area contributed by atoms with Crippen LogP contribution in [0.15, 0.2) is 0 Å². The first-order valence-electron chi connectivity index (χ1n) is 27.5. The van der Waals surface area contributed by atoms with Crippen LogP contribution in [0.3, 0.4) is 0 Å². The number of rotatable bonds is 22. The quantitative estimate of drug-likeness (QED) is 0.102. The second kappa shape index (κ2) is 27.3. The normalized spacial score (nSPS) is 42.7. The third kappa shape index (κ3) is 15.5. The topological polar surface area (TPSA) is 129 Å². The van der Waals surface area contributed by atoms with Crippen molar-refractivity contribution in [2.45, 2.75) is 241 Å². The molecule has 69 heavy (non-hydrogen) atoms. The maximum absolute atomic E-state index is 7.63. The molecular weight excluding hydrogens is 885 g/mol. The molecule has 0 aliphatic carbocycles. The van der Waals surface area contributed by atoms with Gasteiger partial charge >= 0.3 is 0 Å². The van der Waals surface area contributed by atoms with Gasteiger partial charge < -0.3 is 66.3 Å². The van der Waals surface area contributed by atoms with Gasteiger partial charge in [0.1, 0.15) is 66.6 Å². The van der Waals surface area contributed by atoms with Crippen molar-refractivity contribution in [3.63, 3.8) is 0 Å². The van der Waals surface area contributed by atoms with E-state index in [9.17, 15) is 0 Å². The highest BCUT2D eigenvalue weighted by atomic mass is 16.8. The lowest BCUT2D eigenvalue weighted by Gasteiger charge is -2.56. The van der Waals surface area contributed by atoms with Crippen molar-refractivity contribution in [2.24, 2.45) is 47.3 Å². The molecule has 5 saturated heterocycles. The standard InChI is InChI=1S/C55H102O14/c1-19-22-58-43-40(16)66-52(49(46(43)57-21-3)62-28-35(10)11)68-54(17)23-36(12)37(13)29-63-44-41(24-54)67-53-50(47(44)60-26-33(6)7)64-30-38(14)39(15)55(18,69-53)51-48(61-27-34(8)9)45(59-25-32(4)5)42(31-65-51)56-20-2/h32-53H,19-31H2,1-18H3/t36-,37-,38+,39-,40+,41+,42-,43+,44+,45+,46-,47-,48-,49+,50+,51-,52+,53+,54?,55?/m0/s1. The van der Waals surface area contributed by atoms with Crippen molar-refractivity contribution in [3.05, 3.63) is 0 Å².